The minimum absolute atomic E-state index is 0.259. The Labute approximate surface area is 80.7 Å². The van der Waals surface area contributed by atoms with Crippen molar-refractivity contribution in [3.05, 3.63) is 35.4 Å². The van der Waals surface area contributed by atoms with Gasteiger partial charge in [-0.05, 0) is 18.1 Å². The molecule has 14 heavy (non-hydrogen) atoms. The van der Waals surface area contributed by atoms with Gasteiger partial charge in [0.2, 0.25) is 0 Å². The quantitative estimate of drug-likeness (QED) is 0.785. The summed E-state index contributed by atoms with van der Waals surface area (Å²) in [5.74, 6) is 0. The molecule has 1 rings (SSSR count). The van der Waals surface area contributed by atoms with Crippen molar-refractivity contribution in [1.29, 1.82) is 0 Å². The molecule has 0 aliphatic carbocycles. The van der Waals surface area contributed by atoms with E-state index in [1.165, 1.54) is 6.07 Å². The van der Waals surface area contributed by atoms with Gasteiger partial charge in [0.15, 0.2) is 0 Å². The molecule has 0 bridgehead atoms. The average Bonchev–Trinajstić information content (AvgIpc) is 2.01. The van der Waals surface area contributed by atoms with Gasteiger partial charge in [-0.3, -0.25) is 0 Å². The lowest BCUT2D eigenvalue weighted by Gasteiger charge is -2.13. The highest BCUT2D eigenvalue weighted by molar-refractivity contribution is 5.30. The van der Waals surface area contributed by atoms with Gasteiger partial charge in [-0.15, -0.1) is 0 Å². The zero-order valence-corrected chi connectivity index (χ0v) is 7.81. The number of hydrogen-bond acceptors (Lipinski definition) is 1. The highest BCUT2D eigenvalue weighted by Gasteiger charge is 2.28. The second kappa shape index (κ2) is 4.00. The molecule has 2 N–H and O–H groups in total. The van der Waals surface area contributed by atoms with Crippen LogP contribution in [0.1, 0.15) is 24.1 Å². The molecule has 4 heteroatoms. The summed E-state index contributed by atoms with van der Waals surface area (Å²) in [5.41, 5.74) is 6.39. The molecule has 0 radical (unpaired) electrons. The normalized spacial score (nSPS) is 14.1. The predicted molar refractivity (Wildman–Crippen MR) is 48.8 cm³/mol. The number of rotatable bonds is 2. The zero-order valence-electron chi connectivity index (χ0n) is 7.81. The lowest BCUT2D eigenvalue weighted by Crippen LogP contribution is -2.16. The van der Waals surface area contributed by atoms with Crippen molar-refractivity contribution >= 4 is 0 Å². The van der Waals surface area contributed by atoms with Gasteiger partial charge in [0.05, 0.1) is 6.42 Å². The fraction of sp³-hybridized carbons (Fsp3) is 0.400. The maximum atomic E-state index is 12.1. The van der Waals surface area contributed by atoms with Crippen LogP contribution in [0.25, 0.3) is 0 Å². The minimum atomic E-state index is -4.18. The average molecular weight is 203 g/mol. The second-order valence-electron chi connectivity index (χ2n) is 3.28. The number of benzene rings is 1. The molecule has 0 aromatic heterocycles. The van der Waals surface area contributed by atoms with Crippen LogP contribution in [0, 0.1) is 0 Å². The number of halogens is 3. The van der Waals surface area contributed by atoms with E-state index in [1.807, 2.05) is 0 Å². The van der Waals surface area contributed by atoms with Gasteiger partial charge in [-0.2, -0.15) is 13.2 Å². The molecular weight excluding hydrogens is 191 g/mol. The maximum Gasteiger partial charge on any atom is 0.393 e. The molecule has 0 amide bonds. The second-order valence-corrected chi connectivity index (χ2v) is 3.28. The summed E-state index contributed by atoms with van der Waals surface area (Å²) in [6.45, 7) is 1.68. The van der Waals surface area contributed by atoms with Crippen LogP contribution in [-0.2, 0) is 6.42 Å². The van der Waals surface area contributed by atoms with E-state index in [4.69, 9.17) is 5.73 Å². The Kier molecular flexibility index (Phi) is 3.16. The molecule has 0 aliphatic rings. The Balaban J connectivity index is 2.96. The smallest absolute Gasteiger partial charge is 0.324 e. The van der Waals surface area contributed by atoms with Crippen LogP contribution < -0.4 is 5.73 Å². The molecule has 78 valence electrons. The van der Waals surface area contributed by atoms with E-state index in [9.17, 15) is 13.2 Å². The van der Waals surface area contributed by atoms with Crippen LogP contribution in [0.2, 0.25) is 0 Å². The van der Waals surface area contributed by atoms with E-state index in [0.29, 0.717) is 5.56 Å². The number of hydrogen-bond donors (Lipinski definition) is 1. The van der Waals surface area contributed by atoms with Crippen molar-refractivity contribution in [1.82, 2.24) is 0 Å². The fourth-order valence-electron chi connectivity index (χ4n) is 1.36. The molecule has 1 aromatic carbocycles. The highest BCUT2D eigenvalue weighted by atomic mass is 19.4. The SMILES string of the molecule is CC(N)c1ccccc1CC(F)(F)F. The van der Waals surface area contributed by atoms with Gasteiger partial charge >= 0.3 is 6.18 Å². The van der Waals surface area contributed by atoms with Gasteiger partial charge in [0.1, 0.15) is 0 Å². The Bertz CT molecular complexity index is 304. The van der Waals surface area contributed by atoms with Crippen LogP contribution in [-0.4, -0.2) is 6.18 Å². The lowest BCUT2D eigenvalue weighted by molar-refractivity contribution is -0.127. The van der Waals surface area contributed by atoms with E-state index in [-0.39, 0.29) is 11.6 Å². The Hall–Kier alpha value is -1.03. The molecule has 1 nitrogen and oxygen atoms in total. The first kappa shape index (κ1) is 11.0. The van der Waals surface area contributed by atoms with Gasteiger partial charge < -0.3 is 5.73 Å². The first-order valence-electron chi connectivity index (χ1n) is 4.30. The van der Waals surface area contributed by atoms with Crippen molar-refractivity contribution < 1.29 is 13.2 Å². The first-order chi connectivity index (χ1) is 6.40. The van der Waals surface area contributed by atoms with E-state index in [2.05, 4.69) is 0 Å². The summed E-state index contributed by atoms with van der Waals surface area (Å²) in [5, 5.41) is 0. The van der Waals surface area contributed by atoms with Crippen molar-refractivity contribution in [3.63, 3.8) is 0 Å². The van der Waals surface area contributed by atoms with Crippen LogP contribution in [0.4, 0.5) is 13.2 Å². The Morgan fingerprint density at radius 2 is 1.86 bits per heavy atom. The van der Waals surface area contributed by atoms with Crippen molar-refractivity contribution in [2.75, 3.05) is 0 Å². The lowest BCUT2D eigenvalue weighted by atomic mass is 9.99. The van der Waals surface area contributed by atoms with E-state index in [1.54, 1.807) is 25.1 Å². The number of nitrogens with two attached hydrogens (primary N) is 1. The molecule has 0 heterocycles. The topological polar surface area (TPSA) is 26.0 Å². The predicted octanol–water partition coefficient (Wildman–Crippen LogP) is 2.81. The molecule has 0 saturated carbocycles. The molecule has 0 aliphatic heterocycles. The molecule has 0 saturated heterocycles. The van der Waals surface area contributed by atoms with Crippen LogP contribution in [0.15, 0.2) is 24.3 Å². The highest BCUT2D eigenvalue weighted by Crippen LogP contribution is 2.25. The van der Waals surface area contributed by atoms with Crippen LogP contribution in [0.5, 0.6) is 0 Å². The standard InChI is InChI=1S/C10H12F3N/c1-7(14)9-5-3-2-4-8(9)6-10(11,12)13/h2-5,7H,6,14H2,1H3. The van der Waals surface area contributed by atoms with Crippen LogP contribution >= 0.6 is 0 Å². The maximum absolute atomic E-state index is 12.1. The summed E-state index contributed by atoms with van der Waals surface area (Å²) in [6.07, 6.45) is -5.09. The van der Waals surface area contributed by atoms with E-state index >= 15 is 0 Å². The Morgan fingerprint density at radius 1 is 1.29 bits per heavy atom. The third-order valence-corrected chi connectivity index (χ3v) is 1.94. The molecule has 0 fully saturated rings. The third-order valence-electron chi connectivity index (χ3n) is 1.94. The van der Waals surface area contributed by atoms with E-state index in [0.717, 1.165) is 0 Å². The molecule has 1 unspecified atom stereocenters. The van der Waals surface area contributed by atoms with Crippen LogP contribution in [0.3, 0.4) is 0 Å². The van der Waals surface area contributed by atoms with Crippen molar-refractivity contribution in [2.24, 2.45) is 5.73 Å². The summed E-state index contributed by atoms with van der Waals surface area (Å²) in [6, 6.07) is 6.01. The third kappa shape index (κ3) is 3.03. The van der Waals surface area contributed by atoms with E-state index < -0.39 is 12.6 Å². The summed E-state index contributed by atoms with van der Waals surface area (Å²) in [7, 11) is 0. The molecule has 1 atom stereocenters. The summed E-state index contributed by atoms with van der Waals surface area (Å²) >= 11 is 0. The summed E-state index contributed by atoms with van der Waals surface area (Å²) < 4.78 is 36.4. The Morgan fingerprint density at radius 3 is 2.36 bits per heavy atom. The summed E-state index contributed by atoms with van der Waals surface area (Å²) in [4.78, 5) is 0. The van der Waals surface area contributed by atoms with Gasteiger partial charge in [0.25, 0.3) is 0 Å². The monoisotopic (exact) mass is 203 g/mol. The first-order valence-corrected chi connectivity index (χ1v) is 4.30. The molecule has 1 aromatic rings. The molecular formula is C10H12F3N. The van der Waals surface area contributed by atoms with Crippen molar-refractivity contribution in [3.8, 4) is 0 Å². The minimum Gasteiger partial charge on any atom is -0.324 e. The van der Waals surface area contributed by atoms with Gasteiger partial charge in [-0.25, -0.2) is 0 Å². The number of alkyl halides is 3. The van der Waals surface area contributed by atoms with Crippen molar-refractivity contribution in [2.45, 2.75) is 25.6 Å². The van der Waals surface area contributed by atoms with Gasteiger partial charge in [-0.1, -0.05) is 24.3 Å². The molecule has 0 spiro atoms. The zero-order chi connectivity index (χ0) is 10.8. The fourth-order valence-corrected chi connectivity index (χ4v) is 1.36. The van der Waals surface area contributed by atoms with Gasteiger partial charge in [0, 0.05) is 6.04 Å². The largest absolute Gasteiger partial charge is 0.393 e.